The van der Waals surface area contributed by atoms with E-state index in [1.54, 1.807) is 25.1 Å². The Bertz CT molecular complexity index is 404. The Kier molecular flexibility index (Phi) is 4.00. The van der Waals surface area contributed by atoms with Crippen LogP contribution in [-0.2, 0) is 0 Å². The molecule has 0 radical (unpaired) electrons. The second-order valence-corrected chi connectivity index (χ2v) is 3.83. The molecule has 0 spiro atoms. The van der Waals surface area contributed by atoms with Gasteiger partial charge in [0.2, 0.25) is 0 Å². The minimum atomic E-state index is -0.383. The molecular weight excluding hydrogens is 235 g/mol. The second-order valence-electron chi connectivity index (χ2n) is 2.98. The molecule has 1 aromatic carbocycles. The number of amides is 2. The summed E-state index contributed by atoms with van der Waals surface area (Å²) in [5.41, 5.74) is 1.05. The van der Waals surface area contributed by atoms with Crippen LogP contribution in [0.1, 0.15) is 6.92 Å². The number of carbonyl (C=O) groups excluding carboxylic acids is 1. The van der Waals surface area contributed by atoms with Crippen molar-refractivity contribution in [3.8, 4) is 0 Å². The molecule has 0 saturated heterocycles. The fraction of sp³-hybridized carbons (Fsp3) is 0.100. The SMILES string of the molecule is C=C(C)NC(=O)Nc1ccc(Cl)cc1Cl. The smallest absolute Gasteiger partial charge is 0.312 e. The van der Waals surface area contributed by atoms with Crippen LogP contribution in [0.25, 0.3) is 0 Å². The van der Waals surface area contributed by atoms with Crippen LogP contribution >= 0.6 is 23.2 Å². The third-order valence-corrected chi connectivity index (χ3v) is 2.05. The predicted molar refractivity (Wildman–Crippen MR) is 63.4 cm³/mol. The predicted octanol–water partition coefficient (Wildman–Crippen LogP) is 3.65. The van der Waals surface area contributed by atoms with Crippen molar-refractivity contribution in [2.75, 3.05) is 5.32 Å². The highest BCUT2D eigenvalue weighted by Gasteiger charge is 2.05. The molecule has 1 rings (SSSR count). The van der Waals surface area contributed by atoms with E-state index in [1.165, 1.54) is 0 Å². The van der Waals surface area contributed by atoms with Crippen molar-refractivity contribution in [1.82, 2.24) is 5.32 Å². The van der Waals surface area contributed by atoms with Gasteiger partial charge in [0, 0.05) is 10.7 Å². The number of halogens is 2. The first-order chi connectivity index (χ1) is 6.99. The Labute approximate surface area is 98.1 Å². The Morgan fingerprint density at radius 1 is 1.40 bits per heavy atom. The average molecular weight is 245 g/mol. The van der Waals surface area contributed by atoms with Gasteiger partial charge >= 0.3 is 6.03 Å². The molecule has 0 aromatic heterocycles. The molecular formula is C10H10Cl2N2O. The molecule has 80 valence electrons. The van der Waals surface area contributed by atoms with Gasteiger partial charge in [0.05, 0.1) is 10.7 Å². The largest absolute Gasteiger partial charge is 0.323 e. The molecule has 3 nitrogen and oxygen atoms in total. The number of nitrogens with one attached hydrogen (secondary N) is 2. The molecule has 0 aliphatic rings. The average Bonchev–Trinajstić information content (AvgIpc) is 2.08. The van der Waals surface area contributed by atoms with E-state index in [-0.39, 0.29) is 6.03 Å². The summed E-state index contributed by atoms with van der Waals surface area (Å²) >= 11 is 11.6. The van der Waals surface area contributed by atoms with Gasteiger partial charge in [-0.05, 0) is 25.1 Å². The van der Waals surface area contributed by atoms with E-state index < -0.39 is 0 Å². The number of carbonyl (C=O) groups is 1. The summed E-state index contributed by atoms with van der Waals surface area (Å²) in [5, 5.41) is 5.97. The van der Waals surface area contributed by atoms with Gasteiger partial charge in [-0.3, -0.25) is 0 Å². The van der Waals surface area contributed by atoms with Crippen molar-refractivity contribution in [2.24, 2.45) is 0 Å². The molecule has 5 heteroatoms. The molecule has 2 amide bonds. The highest BCUT2D eigenvalue weighted by molar-refractivity contribution is 6.36. The van der Waals surface area contributed by atoms with Crippen molar-refractivity contribution >= 4 is 34.9 Å². The maximum atomic E-state index is 11.3. The number of anilines is 1. The summed E-state index contributed by atoms with van der Waals surface area (Å²) in [6.07, 6.45) is 0. The minimum absolute atomic E-state index is 0.383. The normalized spacial score (nSPS) is 9.53. The van der Waals surface area contributed by atoms with Gasteiger partial charge in [-0.1, -0.05) is 29.8 Å². The van der Waals surface area contributed by atoms with Gasteiger partial charge < -0.3 is 10.6 Å². The first-order valence-electron chi connectivity index (χ1n) is 4.17. The number of hydrogen-bond acceptors (Lipinski definition) is 1. The van der Waals surface area contributed by atoms with Crippen LogP contribution in [0.5, 0.6) is 0 Å². The summed E-state index contributed by atoms with van der Waals surface area (Å²) < 4.78 is 0. The summed E-state index contributed by atoms with van der Waals surface area (Å²) in [6.45, 7) is 5.23. The van der Waals surface area contributed by atoms with Crippen LogP contribution in [0.4, 0.5) is 10.5 Å². The maximum absolute atomic E-state index is 11.3. The standard InChI is InChI=1S/C10H10Cl2N2O/c1-6(2)13-10(15)14-9-4-3-7(11)5-8(9)12/h3-5H,1H2,2H3,(H2,13,14,15). The minimum Gasteiger partial charge on any atom is -0.312 e. The Hall–Kier alpha value is -1.19. The van der Waals surface area contributed by atoms with Crippen LogP contribution in [0, 0.1) is 0 Å². The Morgan fingerprint density at radius 3 is 2.60 bits per heavy atom. The third-order valence-electron chi connectivity index (χ3n) is 1.51. The zero-order chi connectivity index (χ0) is 11.4. The Balaban J connectivity index is 2.72. The van der Waals surface area contributed by atoms with Crippen LogP contribution in [-0.4, -0.2) is 6.03 Å². The molecule has 0 atom stereocenters. The van der Waals surface area contributed by atoms with Crippen molar-refractivity contribution in [1.29, 1.82) is 0 Å². The quantitative estimate of drug-likeness (QED) is 0.820. The van der Waals surface area contributed by atoms with Crippen LogP contribution in [0.3, 0.4) is 0 Å². The lowest BCUT2D eigenvalue weighted by Gasteiger charge is -2.08. The third kappa shape index (κ3) is 3.81. The first-order valence-corrected chi connectivity index (χ1v) is 4.93. The molecule has 0 saturated carbocycles. The molecule has 0 heterocycles. The van der Waals surface area contributed by atoms with Crippen LogP contribution in [0.2, 0.25) is 10.0 Å². The molecule has 0 bridgehead atoms. The lowest BCUT2D eigenvalue weighted by molar-refractivity contribution is 0.254. The van der Waals surface area contributed by atoms with Crippen molar-refractivity contribution in [3.05, 3.63) is 40.5 Å². The topological polar surface area (TPSA) is 41.1 Å². The van der Waals surface area contributed by atoms with E-state index in [9.17, 15) is 4.79 Å². The summed E-state index contributed by atoms with van der Waals surface area (Å²) in [4.78, 5) is 11.3. The van der Waals surface area contributed by atoms with Crippen molar-refractivity contribution in [3.63, 3.8) is 0 Å². The van der Waals surface area contributed by atoms with E-state index >= 15 is 0 Å². The number of rotatable bonds is 2. The zero-order valence-corrected chi connectivity index (χ0v) is 9.62. The maximum Gasteiger partial charge on any atom is 0.323 e. The molecule has 0 unspecified atom stereocenters. The summed E-state index contributed by atoms with van der Waals surface area (Å²) in [5.74, 6) is 0. The Morgan fingerprint density at radius 2 is 2.07 bits per heavy atom. The number of hydrogen-bond donors (Lipinski definition) is 2. The molecule has 2 N–H and O–H groups in total. The first kappa shape index (κ1) is 11.9. The van der Waals surface area contributed by atoms with E-state index in [2.05, 4.69) is 17.2 Å². The van der Waals surface area contributed by atoms with Gasteiger partial charge in [-0.15, -0.1) is 0 Å². The molecule has 0 fully saturated rings. The highest BCUT2D eigenvalue weighted by atomic mass is 35.5. The lowest BCUT2D eigenvalue weighted by Crippen LogP contribution is -2.26. The fourth-order valence-electron chi connectivity index (χ4n) is 0.938. The number of benzene rings is 1. The molecule has 1 aromatic rings. The molecule has 0 aliphatic carbocycles. The molecule has 0 aliphatic heterocycles. The van der Waals surface area contributed by atoms with Crippen LogP contribution < -0.4 is 10.6 Å². The van der Waals surface area contributed by atoms with Gasteiger partial charge in [0.25, 0.3) is 0 Å². The fourth-order valence-corrected chi connectivity index (χ4v) is 1.39. The zero-order valence-electron chi connectivity index (χ0n) is 8.10. The van der Waals surface area contributed by atoms with Crippen molar-refractivity contribution in [2.45, 2.75) is 6.92 Å². The van der Waals surface area contributed by atoms with E-state index in [0.717, 1.165) is 0 Å². The summed E-state index contributed by atoms with van der Waals surface area (Å²) in [7, 11) is 0. The van der Waals surface area contributed by atoms with Gasteiger partial charge in [-0.25, -0.2) is 4.79 Å². The number of urea groups is 1. The van der Waals surface area contributed by atoms with Gasteiger partial charge in [-0.2, -0.15) is 0 Å². The van der Waals surface area contributed by atoms with E-state index in [0.29, 0.717) is 21.4 Å². The van der Waals surface area contributed by atoms with Gasteiger partial charge in [0.15, 0.2) is 0 Å². The monoisotopic (exact) mass is 244 g/mol. The summed E-state index contributed by atoms with van der Waals surface area (Å²) in [6, 6.07) is 4.44. The molecule has 15 heavy (non-hydrogen) atoms. The highest BCUT2D eigenvalue weighted by Crippen LogP contribution is 2.25. The van der Waals surface area contributed by atoms with E-state index in [4.69, 9.17) is 23.2 Å². The second kappa shape index (κ2) is 5.05. The van der Waals surface area contributed by atoms with Gasteiger partial charge in [0.1, 0.15) is 0 Å². The van der Waals surface area contributed by atoms with Crippen molar-refractivity contribution < 1.29 is 4.79 Å². The van der Waals surface area contributed by atoms with Crippen LogP contribution in [0.15, 0.2) is 30.5 Å². The lowest BCUT2D eigenvalue weighted by atomic mass is 10.3. The number of allylic oxidation sites excluding steroid dienone is 1. The van der Waals surface area contributed by atoms with E-state index in [1.807, 2.05) is 0 Å².